The van der Waals surface area contributed by atoms with Gasteiger partial charge in [0.2, 0.25) is 0 Å². The van der Waals surface area contributed by atoms with E-state index < -0.39 is 0 Å². The first-order valence-corrected chi connectivity index (χ1v) is 10.8. The summed E-state index contributed by atoms with van der Waals surface area (Å²) >= 11 is 1.42. The lowest BCUT2D eigenvalue weighted by molar-refractivity contribution is 0.0716. The zero-order valence-electron chi connectivity index (χ0n) is 18.0. The molecule has 160 valence electrons. The number of amides is 1. The number of hydrogen-bond acceptors (Lipinski definition) is 6. The van der Waals surface area contributed by atoms with E-state index in [0.29, 0.717) is 22.8 Å². The quantitative estimate of drug-likeness (QED) is 0.557. The Hall–Kier alpha value is -3.32. The molecule has 1 aliphatic heterocycles. The summed E-state index contributed by atoms with van der Waals surface area (Å²) in [7, 11) is 7.24. The second kappa shape index (κ2) is 8.81. The maximum absolute atomic E-state index is 13.3. The van der Waals surface area contributed by atoms with Crippen molar-refractivity contribution < 1.29 is 14.3 Å². The Labute approximate surface area is 186 Å². The van der Waals surface area contributed by atoms with Crippen LogP contribution in [0.15, 0.2) is 65.1 Å². The topological polar surface area (TPSA) is 54.4 Å². The Balaban J connectivity index is 1.74. The van der Waals surface area contributed by atoms with E-state index in [1.807, 2.05) is 61.9 Å². The molecule has 0 unspecified atom stereocenters. The maximum atomic E-state index is 13.3. The van der Waals surface area contributed by atoms with Gasteiger partial charge in [0.25, 0.3) is 5.91 Å². The van der Waals surface area contributed by atoms with Crippen LogP contribution in [0.5, 0.6) is 11.5 Å². The van der Waals surface area contributed by atoms with Gasteiger partial charge in [0.1, 0.15) is 0 Å². The molecule has 4 rings (SSSR count). The second-order valence-corrected chi connectivity index (χ2v) is 8.40. The smallest absolute Gasteiger partial charge is 0.284 e. The van der Waals surface area contributed by atoms with Gasteiger partial charge in [-0.2, -0.15) is 5.10 Å². The van der Waals surface area contributed by atoms with Crippen molar-refractivity contribution in [3.8, 4) is 11.5 Å². The van der Waals surface area contributed by atoms with E-state index in [2.05, 4.69) is 17.0 Å². The SMILES string of the molecule is COc1ccc([C@H]2CC(c3cccc(N(C)C)c3)=NN2C(=O)c2cccs2)cc1OC. The monoisotopic (exact) mass is 435 g/mol. The standard InChI is InChI=1S/C24H25N3O3S/c1-26(2)18-8-5-7-16(13-18)19-15-20(17-10-11-21(29-3)22(14-17)30-4)27(25-19)24(28)23-9-6-12-31-23/h5-14,20H,15H2,1-4H3/t20-/m1/s1. The fraction of sp³-hybridized carbons (Fsp3) is 0.250. The zero-order chi connectivity index (χ0) is 22.0. The van der Waals surface area contributed by atoms with Gasteiger partial charge in [-0.15, -0.1) is 11.3 Å². The minimum atomic E-state index is -0.229. The Morgan fingerprint density at radius 3 is 2.55 bits per heavy atom. The first kappa shape index (κ1) is 20.9. The number of thiophene rings is 1. The molecule has 0 fully saturated rings. The summed E-state index contributed by atoms with van der Waals surface area (Å²) in [5.41, 5.74) is 3.93. The first-order valence-electron chi connectivity index (χ1n) is 9.96. The van der Waals surface area contributed by atoms with Gasteiger partial charge in [0.05, 0.1) is 30.9 Å². The lowest BCUT2D eigenvalue weighted by Crippen LogP contribution is -2.26. The lowest BCUT2D eigenvalue weighted by Gasteiger charge is -2.22. The van der Waals surface area contributed by atoms with Crippen LogP contribution in [-0.2, 0) is 0 Å². The summed E-state index contributed by atoms with van der Waals surface area (Å²) < 4.78 is 10.9. The van der Waals surface area contributed by atoms with E-state index >= 15 is 0 Å². The molecule has 0 saturated heterocycles. The van der Waals surface area contributed by atoms with E-state index in [0.717, 1.165) is 22.5 Å². The number of benzene rings is 2. The van der Waals surface area contributed by atoms with E-state index in [1.54, 1.807) is 19.2 Å². The molecule has 2 heterocycles. The minimum Gasteiger partial charge on any atom is -0.493 e. The highest BCUT2D eigenvalue weighted by Gasteiger charge is 2.34. The largest absolute Gasteiger partial charge is 0.493 e. The molecule has 0 radical (unpaired) electrons. The molecule has 7 heteroatoms. The van der Waals surface area contributed by atoms with Gasteiger partial charge in [0.15, 0.2) is 11.5 Å². The highest BCUT2D eigenvalue weighted by Crippen LogP contribution is 2.38. The van der Waals surface area contributed by atoms with Crippen LogP contribution < -0.4 is 14.4 Å². The number of carbonyl (C=O) groups is 1. The number of rotatable bonds is 6. The van der Waals surface area contributed by atoms with Crippen molar-refractivity contribution in [3.05, 3.63) is 76.0 Å². The minimum absolute atomic E-state index is 0.103. The first-order chi connectivity index (χ1) is 15.0. The molecule has 1 amide bonds. The highest BCUT2D eigenvalue weighted by atomic mass is 32.1. The van der Waals surface area contributed by atoms with Gasteiger partial charge in [-0.1, -0.05) is 24.3 Å². The normalized spacial score (nSPS) is 15.5. The Morgan fingerprint density at radius 1 is 1.06 bits per heavy atom. The molecular formula is C24H25N3O3S. The number of anilines is 1. The average Bonchev–Trinajstić information content (AvgIpc) is 3.49. The third-order valence-electron chi connectivity index (χ3n) is 5.34. The third-order valence-corrected chi connectivity index (χ3v) is 6.20. The average molecular weight is 436 g/mol. The van der Waals surface area contributed by atoms with Gasteiger partial charge in [-0.05, 0) is 46.8 Å². The fourth-order valence-corrected chi connectivity index (χ4v) is 4.32. The van der Waals surface area contributed by atoms with Crippen LogP contribution in [0.4, 0.5) is 5.69 Å². The van der Waals surface area contributed by atoms with Crippen LogP contribution >= 0.6 is 11.3 Å². The predicted octanol–water partition coefficient (Wildman–Crippen LogP) is 4.82. The van der Waals surface area contributed by atoms with Crippen molar-refractivity contribution in [2.75, 3.05) is 33.2 Å². The highest BCUT2D eigenvalue weighted by molar-refractivity contribution is 7.12. The van der Waals surface area contributed by atoms with E-state index in [9.17, 15) is 4.79 Å². The van der Waals surface area contributed by atoms with Gasteiger partial charge in [-0.3, -0.25) is 4.79 Å². The van der Waals surface area contributed by atoms with Crippen LogP contribution in [0.3, 0.4) is 0 Å². The molecule has 31 heavy (non-hydrogen) atoms. The number of ether oxygens (including phenoxy) is 2. The van der Waals surface area contributed by atoms with Gasteiger partial charge < -0.3 is 14.4 Å². The molecule has 0 saturated carbocycles. The number of methoxy groups -OCH3 is 2. The van der Waals surface area contributed by atoms with Crippen molar-refractivity contribution >= 4 is 28.6 Å². The summed E-state index contributed by atoms with van der Waals surface area (Å²) in [6, 6.07) is 17.5. The molecule has 2 aromatic carbocycles. The lowest BCUT2D eigenvalue weighted by atomic mass is 9.97. The van der Waals surface area contributed by atoms with E-state index in [-0.39, 0.29) is 11.9 Å². The van der Waals surface area contributed by atoms with Crippen LogP contribution in [0.1, 0.15) is 33.3 Å². The number of carbonyl (C=O) groups excluding carboxylic acids is 1. The number of nitrogens with zero attached hydrogens (tertiary/aromatic N) is 3. The Bertz CT molecular complexity index is 1110. The molecule has 1 aliphatic rings. The Morgan fingerprint density at radius 2 is 1.87 bits per heavy atom. The summed E-state index contributed by atoms with van der Waals surface area (Å²) in [5.74, 6) is 1.18. The summed E-state index contributed by atoms with van der Waals surface area (Å²) in [6.45, 7) is 0. The molecule has 3 aromatic rings. The van der Waals surface area contributed by atoms with Gasteiger partial charge in [-0.25, -0.2) is 5.01 Å². The molecule has 0 aliphatic carbocycles. The van der Waals surface area contributed by atoms with E-state index in [4.69, 9.17) is 14.6 Å². The number of hydrazone groups is 1. The summed E-state index contributed by atoms with van der Waals surface area (Å²) in [4.78, 5) is 16.0. The van der Waals surface area contributed by atoms with Crippen molar-refractivity contribution in [3.63, 3.8) is 0 Å². The van der Waals surface area contributed by atoms with Crippen molar-refractivity contribution in [1.82, 2.24) is 5.01 Å². The Kier molecular flexibility index (Phi) is 5.95. The van der Waals surface area contributed by atoms with Crippen LogP contribution in [-0.4, -0.2) is 44.9 Å². The second-order valence-electron chi connectivity index (χ2n) is 7.45. The maximum Gasteiger partial charge on any atom is 0.284 e. The van der Waals surface area contributed by atoms with Crippen LogP contribution in [0, 0.1) is 0 Å². The van der Waals surface area contributed by atoms with Crippen LogP contribution in [0.2, 0.25) is 0 Å². The van der Waals surface area contributed by atoms with Gasteiger partial charge >= 0.3 is 0 Å². The number of hydrogen-bond donors (Lipinski definition) is 0. The predicted molar refractivity (Wildman–Crippen MR) is 125 cm³/mol. The summed E-state index contributed by atoms with van der Waals surface area (Å²) in [6.07, 6.45) is 0.615. The molecule has 1 aromatic heterocycles. The third kappa shape index (κ3) is 4.14. The summed E-state index contributed by atoms with van der Waals surface area (Å²) in [5, 5.41) is 8.29. The molecule has 1 atom stereocenters. The molecule has 6 nitrogen and oxygen atoms in total. The van der Waals surface area contributed by atoms with Crippen molar-refractivity contribution in [2.45, 2.75) is 12.5 Å². The molecule has 0 bridgehead atoms. The molecule has 0 N–H and O–H groups in total. The molecule has 0 spiro atoms. The zero-order valence-corrected chi connectivity index (χ0v) is 18.8. The van der Waals surface area contributed by atoms with Crippen molar-refractivity contribution in [2.24, 2.45) is 5.10 Å². The fourth-order valence-electron chi connectivity index (χ4n) is 3.67. The van der Waals surface area contributed by atoms with Crippen LogP contribution in [0.25, 0.3) is 0 Å². The van der Waals surface area contributed by atoms with Gasteiger partial charge in [0, 0.05) is 26.2 Å². The van der Waals surface area contributed by atoms with E-state index in [1.165, 1.54) is 11.3 Å². The van der Waals surface area contributed by atoms with Crippen molar-refractivity contribution in [1.29, 1.82) is 0 Å². The molecular weight excluding hydrogens is 410 g/mol.